The van der Waals surface area contributed by atoms with Gasteiger partial charge in [0.2, 0.25) is 5.91 Å². The summed E-state index contributed by atoms with van der Waals surface area (Å²) in [6.07, 6.45) is 1.55. The maximum Gasteiger partial charge on any atom is 0.405 e. The van der Waals surface area contributed by atoms with Crippen molar-refractivity contribution in [2.24, 2.45) is 5.92 Å². The average Bonchev–Trinajstić information content (AvgIpc) is 3.42. The van der Waals surface area contributed by atoms with Crippen LogP contribution in [0.4, 0.5) is 23.4 Å². The molecule has 0 spiro atoms. The van der Waals surface area contributed by atoms with Crippen molar-refractivity contribution in [2.75, 3.05) is 25.0 Å². The summed E-state index contributed by atoms with van der Waals surface area (Å²) in [6.45, 7) is 2.70. The number of carbonyl (C=O) groups is 2. The van der Waals surface area contributed by atoms with E-state index in [-0.39, 0.29) is 17.5 Å². The molecule has 172 valence electrons. The summed E-state index contributed by atoms with van der Waals surface area (Å²) < 4.78 is 51.6. The van der Waals surface area contributed by atoms with Gasteiger partial charge in [0.05, 0.1) is 6.20 Å². The molecule has 1 aliphatic rings. The highest BCUT2D eigenvalue weighted by Gasteiger charge is 2.31. The molecule has 0 saturated heterocycles. The van der Waals surface area contributed by atoms with Crippen LogP contribution in [0.15, 0.2) is 30.6 Å². The predicted octanol–water partition coefficient (Wildman–Crippen LogP) is 2.74. The summed E-state index contributed by atoms with van der Waals surface area (Å²) >= 11 is 0. The lowest BCUT2D eigenvalue weighted by atomic mass is 10.0. The van der Waals surface area contributed by atoms with Crippen molar-refractivity contribution in [3.05, 3.63) is 42.1 Å². The van der Waals surface area contributed by atoms with Gasteiger partial charge in [-0.1, -0.05) is 26.0 Å². The van der Waals surface area contributed by atoms with Gasteiger partial charge in [-0.2, -0.15) is 13.2 Å². The Bertz CT molecular complexity index is 1010. The van der Waals surface area contributed by atoms with E-state index in [0.29, 0.717) is 24.3 Å². The molecule has 2 aromatic heterocycles. The number of nitrogens with one attached hydrogen (secondary N) is 3. The first-order valence-corrected chi connectivity index (χ1v) is 9.81. The van der Waals surface area contributed by atoms with E-state index in [2.05, 4.69) is 20.3 Å². The Labute approximate surface area is 181 Å². The first kappa shape index (κ1) is 23.2. The fourth-order valence-electron chi connectivity index (χ4n) is 3.05. The molecule has 0 aromatic carbocycles. The minimum atomic E-state index is -4.57. The van der Waals surface area contributed by atoms with Crippen molar-refractivity contribution in [3.63, 3.8) is 0 Å². The fraction of sp³-hybridized carbons (Fsp3) is 0.400. The van der Waals surface area contributed by atoms with E-state index in [4.69, 9.17) is 0 Å². The summed E-state index contributed by atoms with van der Waals surface area (Å²) in [5, 5.41) is 4.36. The highest BCUT2D eigenvalue weighted by molar-refractivity contribution is 5.94. The van der Waals surface area contributed by atoms with Gasteiger partial charge in [-0.05, 0) is 12.0 Å². The topological polar surface area (TPSA) is 103 Å². The first-order valence-electron chi connectivity index (χ1n) is 9.81. The number of hydrogen-bond acceptors (Lipinski definition) is 5. The first-order chi connectivity index (χ1) is 15.0. The molecule has 2 aromatic rings. The molecule has 0 fully saturated rings. The van der Waals surface area contributed by atoms with Crippen molar-refractivity contribution in [2.45, 2.75) is 26.1 Å². The number of nitrogens with zero attached hydrogens (tertiary/aromatic N) is 3. The van der Waals surface area contributed by atoms with E-state index in [1.165, 1.54) is 12.3 Å². The van der Waals surface area contributed by atoms with Gasteiger partial charge in [0.1, 0.15) is 18.3 Å². The number of rotatable bonds is 7. The summed E-state index contributed by atoms with van der Waals surface area (Å²) in [4.78, 5) is 37.1. The number of aromatic nitrogens is 3. The van der Waals surface area contributed by atoms with Crippen LogP contribution >= 0.6 is 0 Å². The van der Waals surface area contributed by atoms with Crippen molar-refractivity contribution in [1.29, 1.82) is 0 Å². The van der Waals surface area contributed by atoms with Crippen LogP contribution < -0.4 is 10.6 Å². The molecule has 0 unspecified atom stereocenters. The van der Waals surface area contributed by atoms with Crippen LogP contribution in [0.5, 0.6) is 0 Å². The lowest BCUT2D eigenvalue weighted by Crippen LogP contribution is -2.46. The number of halogens is 4. The van der Waals surface area contributed by atoms with E-state index in [1.54, 1.807) is 24.1 Å². The van der Waals surface area contributed by atoms with Crippen molar-refractivity contribution in [3.8, 4) is 11.4 Å². The number of hydrogen-bond donors (Lipinski definition) is 3. The number of carbonyl (C=O) groups excluding carboxylic acids is 2. The minimum absolute atomic E-state index is 0.0713. The van der Waals surface area contributed by atoms with Gasteiger partial charge in [0, 0.05) is 24.8 Å². The van der Waals surface area contributed by atoms with Crippen LogP contribution in [0.3, 0.4) is 0 Å². The largest absolute Gasteiger partial charge is 0.405 e. The number of H-pyrrole nitrogens is 1. The smallest absolute Gasteiger partial charge is 0.356 e. The third-order valence-electron chi connectivity index (χ3n) is 4.73. The summed E-state index contributed by atoms with van der Waals surface area (Å²) in [6, 6.07) is 0.355. The summed E-state index contributed by atoms with van der Waals surface area (Å²) in [5.74, 6) is -2.77. The van der Waals surface area contributed by atoms with Gasteiger partial charge in [0.25, 0.3) is 5.91 Å². The van der Waals surface area contributed by atoms with E-state index in [0.717, 1.165) is 6.20 Å². The van der Waals surface area contributed by atoms with Crippen LogP contribution in [-0.2, 0) is 4.79 Å². The van der Waals surface area contributed by atoms with Crippen LogP contribution in [0.2, 0.25) is 0 Å². The van der Waals surface area contributed by atoms with Crippen molar-refractivity contribution < 1.29 is 27.2 Å². The molecular formula is C20H22F4N6O2. The van der Waals surface area contributed by atoms with Crippen LogP contribution in [-0.4, -0.2) is 63.5 Å². The molecule has 0 saturated carbocycles. The Morgan fingerprint density at radius 3 is 2.56 bits per heavy atom. The SMILES string of the molecule is CC(C)[C@@H](Nc1nc(-c2c[nH]c(C(=O)N3CC=CC3)c2)ncc1F)C(=O)NCC(F)(F)F. The number of amides is 2. The van der Waals surface area contributed by atoms with Gasteiger partial charge in [-0.25, -0.2) is 14.4 Å². The Morgan fingerprint density at radius 1 is 1.25 bits per heavy atom. The zero-order valence-corrected chi connectivity index (χ0v) is 17.3. The molecule has 3 N–H and O–H groups in total. The van der Waals surface area contributed by atoms with Gasteiger partial charge in [-0.3, -0.25) is 9.59 Å². The lowest BCUT2D eigenvalue weighted by Gasteiger charge is -2.23. The standard InChI is InChI=1S/C20H22F4N6O2/c1-11(2)15(18(31)27-10-20(22,23)24)28-17-13(21)9-26-16(29-17)12-7-14(25-8-12)19(32)30-5-3-4-6-30/h3-4,7-9,11,15,25H,5-6,10H2,1-2H3,(H,27,31)(H,26,28,29)/t15-/m1/s1. The molecule has 1 aliphatic heterocycles. The lowest BCUT2D eigenvalue weighted by molar-refractivity contribution is -0.139. The predicted molar refractivity (Wildman–Crippen MR) is 108 cm³/mol. The molecule has 0 radical (unpaired) electrons. The second-order valence-electron chi connectivity index (χ2n) is 7.57. The monoisotopic (exact) mass is 454 g/mol. The summed E-state index contributed by atoms with van der Waals surface area (Å²) in [7, 11) is 0. The normalized spacial score (nSPS) is 14.7. The molecule has 0 aliphatic carbocycles. The molecule has 3 rings (SSSR count). The van der Waals surface area contributed by atoms with E-state index in [1.807, 2.05) is 12.2 Å². The Morgan fingerprint density at radius 2 is 1.94 bits per heavy atom. The highest BCUT2D eigenvalue weighted by Crippen LogP contribution is 2.22. The molecule has 0 bridgehead atoms. The van der Waals surface area contributed by atoms with Crippen LogP contribution in [0.25, 0.3) is 11.4 Å². The van der Waals surface area contributed by atoms with Gasteiger partial charge < -0.3 is 20.5 Å². The zero-order chi connectivity index (χ0) is 23.5. The highest BCUT2D eigenvalue weighted by atomic mass is 19.4. The van der Waals surface area contributed by atoms with Crippen molar-refractivity contribution >= 4 is 17.6 Å². The molecular weight excluding hydrogens is 432 g/mol. The molecule has 2 amide bonds. The second-order valence-corrected chi connectivity index (χ2v) is 7.57. The zero-order valence-electron chi connectivity index (χ0n) is 17.3. The van der Waals surface area contributed by atoms with Gasteiger partial charge >= 0.3 is 6.18 Å². The Kier molecular flexibility index (Phi) is 6.80. The molecule has 3 heterocycles. The van der Waals surface area contributed by atoms with Crippen molar-refractivity contribution in [1.82, 2.24) is 25.2 Å². The third-order valence-corrected chi connectivity index (χ3v) is 4.73. The minimum Gasteiger partial charge on any atom is -0.356 e. The Hall–Kier alpha value is -3.44. The van der Waals surface area contributed by atoms with Crippen LogP contribution in [0.1, 0.15) is 24.3 Å². The Balaban J connectivity index is 1.77. The average molecular weight is 454 g/mol. The number of anilines is 1. The maximum atomic E-state index is 14.3. The van der Waals surface area contributed by atoms with Gasteiger partial charge in [0.15, 0.2) is 17.5 Å². The number of alkyl halides is 3. The molecule has 12 heteroatoms. The van der Waals surface area contributed by atoms with E-state index >= 15 is 0 Å². The van der Waals surface area contributed by atoms with E-state index in [9.17, 15) is 27.2 Å². The maximum absolute atomic E-state index is 14.3. The molecule has 8 nitrogen and oxygen atoms in total. The van der Waals surface area contributed by atoms with E-state index < -0.39 is 36.4 Å². The summed E-state index contributed by atoms with van der Waals surface area (Å²) in [5.41, 5.74) is 0.712. The molecule has 1 atom stereocenters. The number of aromatic amines is 1. The second kappa shape index (κ2) is 9.37. The quantitative estimate of drug-likeness (QED) is 0.441. The molecule has 32 heavy (non-hydrogen) atoms. The third kappa shape index (κ3) is 5.62. The fourth-order valence-corrected chi connectivity index (χ4v) is 3.05. The van der Waals surface area contributed by atoms with Crippen LogP contribution in [0, 0.1) is 11.7 Å². The van der Waals surface area contributed by atoms with Gasteiger partial charge in [-0.15, -0.1) is 0 Å².